The van der Waals surface area contributed by atoms with Crippen LogP contribution in [0.5, 0.6) is 0 Å². The lowest BCUT2D eigenvalue weighted by molar-refractivity contribution is 0.198. The molecule has 1 fully saturated rings. The van der Waals surface area contributed by atoms with Gasteiger partial charge in [0.15, 0.2) is 0 Å². The molecule has 0 spiro atoms. The van der Waals surface area contributed by atoms with Crippen molar-refractivity contribution < 1.29 is 8.42 Å². The van der Waals surface area contributed by atoms with Crippen LogP contribution < -0.4 is 4.72 Å². The van der Waals surface area contributed by atoms with Crippen LogP contribution in [0.2, 0.25) is 0 Å². The van der Waals surface area contributed by atoms with Gasteiger partial charge in [0.05, 0.1) is 16.5 Å². The summed E-state index contributed by atoms with van der Waals surface area (Å²) in [6.45, 7) is 8.54. The van der Waals surface area contributed by atoms with Gasteiger partial charge in [0.1, 0.15) is 0 Å². The summed E-state index contributed by atoms with van der Waals surface area (Å²) in [6, 6.07) is 0.0921. The van der Waals surface area contributed by atoms with E-state index in [9.17, 15) is 8.42 Å². The Morgan fingerprint density at radius 2 is 2.00 bits per heavy atom. The van der Waals surface area contributed by atoms with Crippen LogP contribution in [-0.2, 0) is 16.6 Å². The SMILES string of the molecule is CCS(=O)(=O)NC1CCN(Cc2nc(C)sc2C)CC1. The van der Waals surface area contributed by atoms with Crippen LogP contribution in [0.1, 0.15) is 35.3 Å². The van der Waals surface area contributed by atoms with Crippen molar-refractivity contribution in [3.63, 3.8) is 0 Å². The number of sulfonamides is 1. The summed E-state index contributed by atoms with van der Waals surface area (Å²) in [4.78, 5) is 8.21. The highest BCUT2D eigenvalue weighted by Gasteiger charge is 2.23. The number of rotatable bonds is 5. The summed E-state index contributed by atoms with van der Waals surface area (Å²) in [7, 11) is -3.08. The Bertz CT molecular complexity index is 546. The Morgan fingerprint density at radius 3 is 2.50 bits per heavy atom. The molecule has 0 aliphatic carbocycles. The zero-order valence-electron chi connectivity index (χ0n) is 12.3. The highest BCUT2D eigenvalue weighted by molar-refractivity contribution is 7.89. The minimum Gasteiger partial charge on any atom is -0.297 e. The molecule has 0 bridgehead atoms. The minimum atomic E-state index is -3.08. The molecule has 0 saturated carbocycles. The smallest absolute Gasteiger partial charge is 0.211 e. The molecule has 7 heteroatoms. The van der Waals surface area contributed by atoms with E-state index in [1.165, 1.54) is 10.6 Å². The summed E-state index contributed by atoms with van der Waals surface area (Å²) in [5.74, 6) is 0.157. The van der Waals surface area contributed by atoms with Crippen LogP contribution in [0, 0.1) is 13.8 Å². The number of hydrogen-bond acceptors (Lipinski definition) is 5. The van der Waals surface area contributed by atoms with Crippen molar-refractivity contribution in [2.75, 3.05) is 18.8 Å². The second-order valence-corrected chi connectivity index (χ2v) is 8.76. The van der Waals surface area contributed by atoms with Gasteiger partial charge >= 0.3 is 0 Å². The standard InChI is InChI=1S/C13H23N3O2S2/c1-4-20(17,18)15-12-5-7-16(8-6-12)9-13-10(2)19-11(3)14-13/h12,15H,4-9H2,1-3H3. The molecule has 0 unspecified atom stereocenters. The first-order valence-electron chi connectivity index (χ1n) is 7.05. The van der Waals surface area contributed by atoms with Crippen LogP contribution in [0.4, 0.5) is 0 Å². The fourth-order valence-electron chi connectivity index (χ4n) is 2.48. The molecule has 1 saturated heterocycles. The van der Waals surface area contributed by atoms with Crippen molar-refractivity contribution in [3.05, 3.63) is 15.6 Å². The normalized spacial score (nSPS) is 18.6. The number of nitrogens with one attached hydrogen (secondary N) is 1. The zero-order valence-corrected chi connectivity index (χ0v) is 14.0. The predicted molar refractivity (Wildman–Crippen MR) is 82.5 cm³/mol. The molecule has 1 aliphatic heterocycles. The Labute approximate surface area is 125 Å². The van der Waals surface area contributed by atoms with Gasteiger partial charge in [-0.15, -0.1) is 11.3 Å². The van der Waals surface area contributed by atoms with Crippen molar-refractivity contribution in [1.82, 2.24) is 14.6 Å². The Kier molecular flexibility index (Phi) is 5.17. The molecule has 0 amide bonds. The molecular formula is C13H23N3O2S2. The first kappa shape index (κ1) is 15.9. The van der Waals surface area contributed by atoms with Crippen molar-refractivity contribution in [2.45, 2.75) is 46.2 Å². The number of thiazole rings is 1. The molecule has 1 N–H and O–H groups in total. The number of aryl methyl sites for hydroxylation is 2. The van der Waals surface area contributed by atoms with Gasteiger partial charge in [0.25, 0.3) is 0 Å². The second-order valence-electron chi connectivity index (χ2n) is 5.31. The fourth-order valence-corrected chi connectivity index (χ4v) is 4.21. The molecule has 0 atom stereocenters. The third-order valence-electron chi connectivity index (χ3n) is 3.69. The van der Waals surface area contributed by atoms with E-state index in [-0.39, 0.29) is 11.8 Å². The predicted octanol–water partition coefficient (Wildman–Crippen LogP) is 1.66. The van der Waals surface area contributed by atoms with Gasteiger partial charge in [-0.1, -0.05) is 0 Å². The molecule has 20 heavy (non-hydrogen) atoms. The van der Waals surface area contributed by atoms with E-state index >= 15 is 0 Å². The molecule has 1 aromatic heterocycles. The maximum Gasteiger partial charge on any atom is 0.211 e. The monoisotopic (exact) mass is 317 g/mol. The zero-order chi connectivity index (χ0) is 14.8. The van der Waals surface area contributed by atoms with Crippen molar-refractivity contribution in [1.29, 1.82) is 0 Å². The summed E-state index contributed by atoms with van der Waals surface area (Å²) in [5, 5.41) is 1.11. The third-order valence-corrected chi connectivity index (χ3v) is 6.07. The average Bonchev–Trinajstić information content (AvgIpc) is 2.70. The Balaban J connectivity index is 1.84. The van der Waals surface area contributed by atoms with Crippen molar-refractivity contribution in [2.24, 2.45) is 0 Å². The first-order valence-corrected chi connectivity index (χ1v) is 9.51. The van der Waals surface area contributed by atoms with Gasteiger partial charge in [0, 0.05) is 30.6 Å². The molecule has 1 aliphatic rings. The van der Waals surface area contributed by atoms with E-state index in [2.05, 4.69) is 21.5 Å². The molecular weight excluding hydrogens is 294 g/mol. The molecule has 114 valence electrons. The number of aromatic nitrogens is 1. The van der Waals surface area contributed by atoms with Gasteiger partial charge in [0.2, 0.25) is 10.0 Å². The minimum absolute atomic E-state index is 0.0921. The molecule has 0 aromatic carbocycles. The molecule has 1 aromatic rings. The van der Waals surface area contributed by atoms with Gasteiger partial charge < -0.3 is 0 Å². The van der Waals surface area contributed by atoms with Crippen molar-refractivity contribution in [3.8, 4) is 0 Å². The lowest BCUT2D eigenvalue weighted by atomic mass is 10.1. The maximum absolute atomic E-state index is 11.6. The summed E-state index contributed by atoms with van der Waals surface area (Å²) >= 11 is 1.74. The van der Waals surface area contributed by atoms with E-state index < -0.39 is 10.0 Å². The molecule has 2 rings (SSSR count). The second kappa shape index (κ2) is 6.51. The quantitative estimate of drug-likeness (QED) is 0.897. The van der Waals surface area contributed by atoms with Crippen molar-refractivity contribution >= 4 is 21.4 Å². The lowest BCUT2D eigenvalue weighted by Crippen LogP contribution is -2.44. The molecule has 0 radical (unpaired) electrons. The van der Waals surface area contributed by atoms with Crippen LogP contribution in [0.3, 0.4) is 0 Å². The van der Waals surface area contributed by atoms with E-state index in [0.717, 1.165) is 37.5 Å². The van der Waals surface area contributed by atoms with Crippen LogP contribution in [-0.4, -0.2) is 43.2 Å². The van der Waals surface area contributed by atoms with Gasteiger partial charge in [-0.05, 0) is 33.6 Å². The van der Waals surface area contributed by atoms with E-state index in [4.69, 9.17) is 0 Å². The first-order chi connectivity index (χ1) is 9.39. The third kappa shape index (κ3) is 4.25. The van der Waals surface area contributed by atoms with E-state index in [1.807, 2.05) is 6.92 Å². The largest absolute Gasteiger partial charge is 0.297 e. The molecule has 2 heterocycles. The van der Waals surface area contributed by atoms with E-state index in [1.54, 1.807) is 18.3 Å². The highest BCUT2D eigenvalue weighted by Crippen LogP contribution is 2.20. The van der Waals surface area contributed by atoms with Gasteiger partial charge in [-0.25, -0.2) is 18.1 Å². The topological polar surface area (TPSA) is 62.3 Å². The molecule has 5 nitrogen and oxygen atoms in total. The van der Waals surface area contributed by atoms with Gasteiger partial charge in [-0.3, -0.25) is 4.90 Å². The Hall–Kier alpha value is -0.500. The maximum atomic E-state index is 11.6. The van der Waals surface area contributed by atoms with Gasteiger partial charge in [-0.2, -0.15) is 0 Å². The summed E-state index contributed by atoms with van der Waals surface area (Å²) < 4.78 is 25.9. The summed E-state index contributed by atoms with van der Waals surface area (Å²) in [5.41, 5.74) is 1.17. The average molecular weight is 317 g/mol. The lowest BCUT2D eigenvalue weighted by Gasteiger charge is -2.31. The van der Waals surface area contributed by atoms with E-state index in [0.29, 0.717) is 0 Å². The number of likely N-dealkylation sites (tertiary alicyclic amines) is 1. The Morgan fingerprint density at radius 1 is 1.35 bits per heavy atom. The van der Waals surface area contributed by atoms with Crippen LogP contribution in [0.25, 0.3) is 0 Å². The summed E-state index contributed by atoms with van der Waals surface area (Å²) in [6.07, 6.45) is 1.75. The highest BCUT2D eigenvalue weighted by atomic mass is 32.2. The fraction of sp³-hybridized carbons (Fsp3) is 0.769. The number of hydrogen-bond donors (Lipinski definition) is 1. The number of nitrogens with zero attached hydrogens (tertiary/aromatic N) is 2. The number of piperidine rings is 1. The van der Waals surface area contributed by atoms with Crippen LogP contribution in [0.15, 0.2) is 0 Å². The van der Waals surface area contributed by atoms with Crippen LogP contribution >= 0.6 is 11.3 Å².